The van der Waals surface area contributed by atoms with Gasteiger partial charge in [0.15, 0.2) is 0 Å². The summed E-state index contributed by atoms with van der Waals surface area (Å²) >= 11 is 3.30. The second-order valence-electron chi connectivity index (χ2n) is 4.85. The molecule has 0 saturated heterocycles. The van der Waals surface area contributed by atoms with E-state index in [2.05, 4.69) is 36.7 Å². The second kappa shape index (κ2) is 3.57. The number of nitrogens with zero attached hydrogens (tertiary/aromatic N) is 2. The molecule has 0 unspecified atom stereocenters. The molecule has 0 spiro atoms. The van der Waals surface area contributed by atoms with Gasteiger partial charge in [0.25, 0.3) is 5.56 Å². The molecule has 1 aromatic rings. The molecule has 1 rings (SSSR count). The summed E-state index contributed by atoms with van der Waals surface area (Å²) < 4.78 is 4.33. The highest BCUT2D eigenvalue weighted by atomic mass is 79.9. The second-order valence-corrected chi connectivity index (χ2v) is 5.64. The zero-order valence-electron chi connectivity index (χ0n) is 9.39. The smallest absolute Gasteiger partial charge is 0.281 e. The van der Waals surface area contributed by atoms with Gasteiger partial charge in [-0.15, -0.1) is 0 Å². The van der Waals surface area contributed by atoms with E-state index in [-0.39, 0.29) is 11.0 Å². The maximum atomic E-state index is 11.8. The van der Waals surface area contributed by atoms with Crippen molar-refractivity contribution in [2.45, 2.75) is 34.2 Å². The Labute approximate surface area is 92.8 Å². The van der Waals surface area contributed by atoms with Crippen LogP contribution in [0.1, 0.15) is 26.5 Å². The molecule has 0 atom stereocenters. The topological polar surface area (TPSA) is 26.9 Å². The van der Waals surface area contributed by atoms with Crippen LogP contribution in [0.15, 0.2) is 9.27 Å². The van der Waals surface area contributed by atoms with Crippen molar-refractivity contribution >= 4 is 15.9 Å². The van der Waals surface area contributed by atoms with Gasteiger partial charge in [0.05, 0.1) is 5.69 Å². The van der Waals surface area contributed by atoms with Gasteiger partial charge in [0, 0.05) is 13.6 Å². The molecule has 14 heavy (non-hydrogen) atoms. The summed E-state index contributed by atoms with van der Waals surface area (Å²) in [6.07, 6.45) is 0. The maximum absolute atomic E-state index is 11.8. The van der Waals surface area contributed by atoms with Crippen LogP contribution in [-0.2, 0) is 13.6 Å². The van der Waals surface area contributed by atoms with Gasteiger partial charge in [-0.1, -0.05) is 20.8 Å². The summed E-state index contributed by atoms with van der Waals surface area (Å²) in [7, 11) is 1.91. The number of hydrogen-bond acceptors (Lipinski definition) is 1. The first-order valence-corrected chi connectivity index (χ1v) is 5.45. The third-order valence-corrected chi connectivity index (χ3v) is 3.12. The van der Waals surface area contributed by atoms with Gasteiger partial charge in [-0.2, -0.15) is 0 Å². The molecule has 0 aromatic carbocycles. The summed E-state index contributed by atoms with van der Waals surface area (Å²) in [5.41, 5.74) is 1.14. The Morgan fingerprint density at radius 3 is 2.14 bits per heavy atom. The number of rotatable bonds is 1. The molecule has 80 valence electrons. The standard InChI is InChI=1S/C10H17BrN2O/c1-7-8(11)9(14)13(12(7)5)6-10(2,3)4/h6H2,1-5H3. The van der Waals surface area contributed by atoms with Gasteiger partial charge in [-0.25, -0.2) is 4.68 Å². The molecule has 0 N–H and O–H groups in total. The van der Waals surface area contributed by atoms with Gasteiger partial charge < -0.3 is 0 Å². The zero-order chi connectivity index (χ0) is 11.1. The fourth-order valence-electron chi connectivity index (χ4n) is 1.35. The van der Waals surface area contributed by atoms with Crippen LogP contribution in [0.4, 0.5) is 0 Å². The van der Waals surface area contributed by atoms with Gasteiger partial charge in [-0.05, 0) is 28.3 Å². The molecule has 1 heterocycles. The Morgan fingerprint density at radius 2 is 1.86 bits per heavy atom. The van der Waals surface area contributed by atoms with E-state index in [1.165, 1.54) is 0 Å². The van der Waals surface area contributed by atoms with Crippen molar-refractivity contribution < 1.29 is 0 Å². The summed E-state index contributed by atoms with van der Waals surface area (Å²) in [6.45, 7) is 9.03. The van der Waals surface area contributed by atoms with E-state index >= 15 is 0 Å². The first kappa shape index (κ1) is 11.6. The molecule has 1 aromatic heterocycles. The summed E-state index contributed by atoms with van der Waals surface area (Å²) in [4.78, 5) is 11.8. The monoisotopic (exact) mass is 260 g/mol. The molecule has 0 aliphatic heterocycles. The number of aromatic nitrogens is 2. The molecular weight excluding hydrogens is 244 g/mol. The molecule has 0 fully saturated rings. The zero-order valence-corrected chi connectivity index (χ0v) is 11.0. The Balaban J connectivity index is 3.23. The summed E-state index contributed by atoms with van der Waals surface area (Å²) in [5, 5.41) is 0. The highest BCUT2D eigenvalue weighted by Gasteiger charge is 2.17. The predicted molar refractivity (Wildman–Crippen MR) is 61.6 cm³/mol. The van der Waals surface area contributed by atoms with E-state index in [1.54, 1.807) is 4.68 Å². The first-order chi connectivity index (χ1) is 6.24. The third-order valence-electron chi connectivity index (χ3n) is 2.21. The van der Waals surface area contributed by atoms with Crippen molar-refractivity contribution in [2.75, 3.05) is 0 Å². The number of hydrogen-bond donors (Lipinski definition) is 0. The van der Waals surface area contributed by atoms with Gasteiger partial charge in [0.2, 0.25) is 0 Å². The third kappa shape index (κ3) is 2.11. The average Bonchev–Trinajstić information content (AvgIpc) is 2.20. The van der Waals surface area contributed by atoms with Crippen LogP contribution < -0.4 is 5.56 Å². The molecule has 3 nitrogen and oxygen atoms in total. The lowest BCUT2D eigenvalue weighted by molar-refractivity contribution is 0.296. The van der Waals surface area contributed by atoms with Crippen LogP contribution >= 0.6 is 15.9 Å². The van der Waals surface area contributed by atoms with Crippen molar-refractivity contribution in [3.63, 3.8) is 0 Å². The minimum atomic E-state index is 0.0555. The summed E-state index contributed by atoms with van der Waals surface area (Å²) in [5.74, 6) is 0. The van der Waals surface area contributed by atoms with Crippen LogP contribution in [0.5, 0.6) is 0 Å². The lowest BCUT2D eigenvalue weighted by atomic mass is 9.97. The highest BCUT2D eigenvalue weighted by molar-refractivity contribution is 9.10. The largest absolute Gasteiger partial charge is 0.289 e. The van der Waals surface area contributed by atoms with Crippen LogP contribution in [0.2, 0.25) is 0 Å². The van der Waals surface area contributed by atoms with Crippen LogP contribution in [0, 0.1) is 12.3 Å². The van der Waals surface area contributed by atoms with Crippen molar-refractivity contribution in [2.24, 2.45) is 12.5 Å². The van der Waals surface area contributed by atoms with Crippen LogP contribution in [0.25, 0.3) is 0 Å². The molecule has 0 aliphatic rings. The van der Waals surface area contributed by atoms with E-state index in [0.717, 1.165) is 12.2 Å². The van der Waals surface area contributed by atoms with Crippen molar-refractivity contribution in [3.05, 3.63) is 20.5 Å². The van der Waals surface area contributed by atoms with Crippen LogP contribution in [-0.4, -0.2) is 9.36 Å². The van der Waals surface area contributed by atoms with E-state index < -0.39 is 0 Å². The highest BCUT2D eigenvalue weighted by Crippen LogP contribution is 2.17. The Morgan fingerprint density at radius 1 is 1.36 bits per heavy atom. The molecule has 0 saturated carbocycles. The van der Waals surface area contributed by atoms with Gasteiger partial charge in [0.1, 0.15) is 4.47 Å². The Bertz CT molecular complexity index is 395. The van der Waals surface area contributed by atoms with E-state index in [9.17, 15) is 4.79 Å². The number of halogens is 1. The van der Waals surface area contributed by atoms with Crippen LogP contribution in [0.3, 0.4) is 0 Å². The quantitative estimate of drug-likeness (QED) is 0.762. The summed E-state index contributed by atoms with van der Waals surface area (Å²) in [6, 6.07) is 0. The van der Waals surface area contributed by atoms with Crippen molar-refractivity contribution in [1.82, 2.24) is 9.36 Å². The lowest BCUT2D eigenvalue weighted by Crippen LogP contribution is -2.28. The fraction of sp³-hybridized carbons (Fsp3) is 0.700. The molecule has 4 heteroatoms. The Hall–Kier alpha value is -0.510. The predicted octanol–water partition coefficient (Wildman–Crippen LogP) is 2.30. The molecule has 0 bridgehead atoms. The minimum Gasteiger partial charge on any atom is -0.289 e. The van der Waals surface area contributed by atoms with E-state index in [1.807, 2.05) is 18.7 Å². The fourth-order valence-corrected chi connectivity index (χ4v) is 1.82. The average molecular weight is 261 g/mol. The lowest BCUT2D eigenvalue weighted by Gasteiger charge is -2.20. The minimum absolute atomic E-state index is 0.0555. The van der Waals surface area contributed by atoms with Crippen molar-refractivity contribution in [3.8, 4) is 0 Å². The SMILES string of the molecule is Cc1c(Br)c(=O)n(CC(C)(C)C)n1C. The normalized spacial score (nSPS) is 12.1. The maximum Gasteiger partial charge on any atom is 0.281 e. The van der Waals surface area contributed by atoms with Gasteiger partial charge in [-0.3, -0.25) is 9.48 Å². The molecule has 0 aliphatic carbocycles. The van der Waals surface area contributed by atoms with Crippen molar-refractivity contribution in [1.29, 1.82) is 0 Å². The van der Waals surface area contributed by atoms with Gasteiger partial charge >= 0.3 is 0 Å². The molecule has 0 radical (unpaired) electrons. The van der Waals surface area contributed by atoms with E-state index in [0.29, 0.717) is 4.47 Å². The molecular formula is C10H17BrN2O. The Kier molecular flexibility index (Phi) is 2.95. The molecule has 0 amide bonds. The first-order valence-electron chi connectivity index (χ1n) is 4.66. The van der Waals surface area contributed by atoms with E-state index in [4.69, 9.17) is 0 Å².